The molecule has 0 spiro atoms. The number of fused-ring (bicyclic) bond motifs is 3. The molecular formula is C25H26N4O3. The zero-order valence-electron chi connectivity index (χ0n) is 17.9. The Balaban J connectivity index is 1.50. The molecule has 3 aromatic rings. The van der Waals surface area contributed by atoms with Crippen LogP contribution in [0.2, 0.25) is 0 Å². The number of rotatable bonds is 5. The van der Waals surface area contributed by atoms with E-state index in [0.717, 1.165) is 16.9 Å². The van der Waals surface area contributed by atoms with Crippen LogP contribution in [0.5, 0.6) is 0 Å². The Bertz CT molecular complexity index is 1180. The van der Waals surface area contributed by atoms with E-state index in [9.17, 15) is 14.7 Å². The number of aliphatic hydroxyl groups is 1. The van der Waals surface area contributed by atoms with Gasteiger partial charge in [-0.25, -0.2) is 0 Å². The van der Waals surface area contributed by atoms with Gasteiger partial charge in [0.1, 0.15) is 0 Å². The molecule has 0 aliphatic carbocycles. The van der Waals surface area contributed by atoms with Gasteiger partial charge in [0.15, 0.2) is 0 Å². The van der Waals surface area contributed by atoms with Crippen molar-refractivity contribution in [3.05, 3.63) is 83.0 Å². The average molecular weight is 431 g/mol. The van der Waals surface area contributed by atoms with Gasteiger partial charge in [0.25, 0.3) is 5.56 Å². The molecule has 164 valence electrons. The highest BCUT2D eigenvalue weighted by atomic mass is 16.3. The standard InChI is InChI=1S/C25H26N4O3/c1-2-28-22-19(20(15-30)23(28)24(31)27-17-6-4-3-5-7-17)14-29-21(22)9-8-18(25(29)32)16-10-12-26-13-11-16/h3-13,19-20,22-23,30H,2,14-15H2,1H3,(H,27,31)/t19-,20-,22+,23-/m1/s1. The third-order valence-corrected chi connectivity index (χ3v) is 6.86. The van der Waals surface area contributed by atoms with Gasteiger partial charge in [-0.05, 0) is 48.5 Å². The van der Waals surface area contributed by atoms with E-state index in [-0.39, 0.29) is 36.0 Å². The first-order chi connectivity index (χ1) is 15.6. The van der Waals surface area contributed by atoms with Crippen LogP contribution in [0.25, 0.3) is 11.1 Å². The summed E-state index contributed by atoms with van der Waals surface area (Å²) in [6.45, 7) is 3.05. The Morgan fingerprint density at radius 1 is 1.12 bits per heavy atom. The minimum absolute atomic E-state index is 0.00753. The Labute approximate surface area is 186 Å². The zero-order valence-corrected chi connectivity index (χ0v) is 17.9. The minimum atomic E-state index is -0.455. The van der Waals surface area contributed by atoms with Gasteiger partial charge in [0, 0.05) is 54.3 Å². The molecule has 0 radical (unpaired) electrons. The summed E-state index contributed by atoms with van der Waals surface area (Å²) in [6.07, 6.45) is 3.36. The van der Waals surface area contributed by atoms with Crippen LogP contribution in [0.15, 0.2) is 71.8 Å². The summed E-state index contributed by atoms with van der Waals surface area (Å²) in [7, 11) is 0. The van der Waals surface area contributed by atoms with E-state index in [0.29, 0.717) is 18.7 Å². The number of nitrogens with zero attached hydrogens (tertiary/aromatic N) is 3. The lowest BCUT2D eigenvalue weighted by Gasteiger charge is -2.29. The van der Waals surface area contributed by atoms with Crippen LogP contribution in [-0.4, -0.2) is 44.7 Å². The fourth-order valence-electron chi connectivity index (χ4n) is 5.47. The molecule has 7 nitrogen and oxygen atoms in total. The highest BCUT2D eigenvalue weighted by Crippen LogP contribution is 2.49. The normalized spacial score (nSPS) is 24.2. The van der Waals surface area contributed by atoms with E-state index in [2.05, 4.69) is 15.2 Å². The molecule has 2 aliphatic heterocycles. The molecule has 2 aliphatic rings. The molecule has 0 bridgehead atoms. The van der Waals surface area contributed by atoms with Gasteiger partial charge in [0.2, 0.25) is 5.91 Å². The number of likely N-dealkylation sites (tertiary alicyclic amines) is 1. The van der Waals surface area contributed by atoms with Crippen molar-refractivity contribution in [1.82, 2.24) is 14.5 Å². The van der Waals surface area contributed by atoms with Crippen molar-refractivity contribution >= 4 is 11.6 Å². The third-order valence-electron chi connectivity index (χ3n) is 6.86. The number of para-hydroxylation sites is 1. The Hall–Kier alpha value is -3.29. The van der Waals surface area contributed by atoms with Gasteiger partial charge in [-0.2, -0.15) is 0 Å². The summed E-state index contributed by atoms with van der Waals surface area (Å²) in [4.78, 5) is 32.8. The van der Waals surface area contributed by atoms with Gasteiger partial charge in [-0.3, -0.25) is 19.5 Å². The monoisotopic (exact) mass is 430 g/mol. The number of aliphatic hydroxyl groups excluding tert-OH is 1. The van der Waals surface area contributed by atoms with Gasteiger partial charge in [-0.1, -0.05) is 25.1 Å². The molecule has 2 aromatic heterocycles. The maximum absolute atomic E-state index is 13.3. The Morgan fingerprint density at radius 3 is 2.56 bits per heavy atom. The van der Waals surface area contributed by atoms with Crippen molar-refractivity contribution < 1.29 is 9.90 Å². The van der Waals surface area contributed by atoms with Gasteiger partial charge < -0.3 is 15.0 Å². The Kier molecular flexibility index (Phi) is 5.36. The number of benzene rings is 1. The predicted molar refractivity (Wildman–Crippen MR) is 122 cm³/mol. The highest BCUT2D eigenvalue weighted by Gasteiger charge is 2.55. The molecule has 7 heteroatoms. The SMILES string of the molecule is CCN1[C@@H]2c3ccc(-c4ccncc4)c(=O)n3C[C@@H]2[C@@H](CO)[C@@H]1C(=O)Nc1ccccc1. The first-order valence-corrected chi connectivity index (χ1v) is 11.0. The zero-order chi connectivity index (χ0) is 22.2. The third kappa shape index (κ3) is 3.25. The minimum Gasteiger partial charge on any atom is -0.396 e. The number of pyridine rings is 2. The number of hydrogen-bond acceptors (Lipinski definition) is 5. The van der Waals surface area contributed by atoms with E-state index >= 15 is 0 Å². The van der Waals surface area contributed by atoms with Crippen molar-refractivity contribution in [1.29, 1.82) is 0 Å². The second kappa shape index (κ2) is 8.33. The average Bonchev–Trinajstić information content (AvgIpc) is 3.35. The van der Waals surface area contributed by atoms with Crippen LogP contribution in [0.3, 0.4) is 0 Å². The van der Waals surface area contributed by atoms with Crippen molar-refractivity contribution in [3.8, 4) is 11.1 Å². The van der Waals surface area contributed by atoms with Gasteiger partial charge in [-0.15, -0.1) is 0 Å². The summed E-state index contributed by atoms with van der Waals surface area (Å²) in [5, 5.41) is 13.3. The maximum atomic E-state index is 13.3. The fraction of sp³-hybridized carbons (Fsp3) is 0.320. The summed E-state index contributed by atoms with van der Waals surface area (Å²) >= 11 is 0. The first kappa shape index (κ1) is 20.6. The van der Waals surface area contributed by atoms with Crippen LogP contribution in [0.4, 0.5) is 5.69 Å². The number of hydrogen-bond donors (Lipinski definition) is 2. The first-order valence-electron chi connectivity index (χ1n) is 11.0. The molecule has 0 saturated carbocycles. The van der Waals surface area contributed by atoms with Crippen molar-refractivity contribution in [2.24, 2.45) is 11.8 Å². The molecule has 0 unspecified atom stereocenters. The summed E-state index contributed by atoms with van der Waals surface area (Å²) < 4.78 is 1.82. The summed E-state index contributed by atoms with van der Waals surface area (Å²) in [6, 6.07) is 16.4. The second-order valence-corrected chi connectivity index (χ2v) is 8.41. The molecule has 4 heterocycles. The maximum Gasteiger partial charge on any atom is 0.258 e. The van der Waals surface area contributed by atoms with Gasteiger partial charge >= 0.3 is 0 Å². The van der Waals surface area contributed by atoms with Crippen LogP contribution >= 0.6 is 0 Å². The van der Waals surface area contributed by atoms with E-state index in [1.807, 2.05) is 66.1 Å². The molecular weight excluding hydrogens is 404 g/mol. The van der Waals surface area contributed by atoms with Crippen LogP contribution in [-0.2, 0) is 11.3 Å². The van der Waals surface area contributed by atoms with E-state index in [1.54, 1.807) is 12.4 Å². The number of amides is 1. The molecule has 1 fully saturated rings. The lowest BCUT2D eigenvalue weighted by molar-refractivity contribution is -0.122. The number of nitrogens with one attached hydrogen (secondary N) is 1. The van der Waals surface area contributed by atoms with E-state index in [4.69, 9.17) is 0 Å². The summed E-state index contributed by atoms with van der Waals surface area (Å²) in [5.74, 6) is -0.381. The molecule has 1 amide bonds. The Morgan fingerprint density at radius 2 is 1.88 bits per heavy atom. The van der Waals surface area contributed by atoms with Crippen LogP contribution in [0, 0.1) is 11.8 Å². The highest BCUT2D eigenvalue weighted by molar-refractivity contribution is 5.95. The lowest BCUT2D eigenvalue weighted by Crippen LogP contribution is -2.45. The number of carbonyl (C=O) groups is 1. The second-order valence-electron chi connectivity index (χ2n) is 8.41. The molecule has 5 rings (SSSR count). The smallest absolute Gasteiger partial charge is 0.258 e. The number of likely N-dealkylation sites (N-methyl/N-ethyl adjacent to an activating group) is 1. The van der Waals surface area contributed by atoms with E-state index in [1.165, 1.54) is 0 Å². The molecule has 1 saturated heterocycles. The number of carbonyl (C=O) groups excluding carboxylic acids is 1. The van der Waals surface area contributed by atoms with Crippen molar-refractivity contribution in [2.45, 2.75) is 25.6 Å². The molecule has 1 aromatic carbocycles. The summed E-state index contributed by atoms with van der Waals surface area (Å²) in [5.41, 5.74) is 3.08. The molecule has 32 heavy (non-hydrogen) atoms. The van der Waals surface area contributed by atoms with Crippen LogP contribution < -0.4 is 10.9 Å². The largest absolute Gasteiger partial charge is 0.396 e. The fourth-order valence-corrected chi connectivity index (χ4v) is 5.47. The van der Waals surface area contributed by atoms with Gasteiger partial charge in [0.05, 0.1) is 12.1 Å². The quantitative estimate of drug-likeness (QED) is 0.650. The van der Waals surface area contributed by atoms with Crippen LogP contribution in [0.1, 0.15) is 18.7 Å². The number of aromatic nitrogens is 2. The van der Waals surface area contributed by atoms with Crippen molar-refractivity contribution in [2.75, 3.05) is 18.5 Å². The molecule has 4 atom stereocenters. The lowest BCUT2D eigenvalue weighted by atomic mass is 9.88. The predicted octanol–water partition coefficient (Wildman–Crippen LogP) is 2.53. The molecule has 2 N–H and O–H groups in total. The number of anilines is 1. The van der Waals surface area contributed by atoms with Crippen molar-refractivity contribution in [3.63, 3.8) is 0 Å². The van der Waals surface area contributed by atoms with E-state index < -0.39 is 6.04 Å². The topological polar surface area (TPSA) is 87.5 Å².